The van der Waals surface area contributed by atoms with Crippen LogP contribution in [0.3, 0.4) is 0 Å². The largest absolute Gasteiger partial charge is 0.368 e. The molecule has 0 amide bonds. The van der Waals surface area contributed by atoms with Gasteiger partial charge >= 0.3 is 0 Å². The van der Waals surface area contributed by atoms with Crippen LogP contribution in [0.25, 0.3) is 5.57 Å². The van der Waals surface area contributed by atoms with Gasteiger partial charge in [-0.15, -0.1) is 0 Å². The Morgan fingerprint density at radius 2 is 1.93 bits per heavy atom. The third-order valence-electron chi connectivity index (χ3n) is 9.00. The zero-order valence-corrected chi connectivity index (χ0v) is 18.1. The van der Waals surface area contributed by atoms with Crippen LogP contribution in [-0.4, -0.2) is 22.5 Å². The quantitative estimate of drug-likeness (QED) is 0.524. The molecular formula is C26H35NO2. The van der Waals surface area contributed by atoms with Crippen molar-refractivity contribution in [1.82, 2.24) is 4.98 Å². The van der Waals surface area contributed by atoms with Gasteiger partial charge in [0.05, 0.1) is 6.10 Å². The van der Waals surface area contributed by atoms with E-state index in [1.54, 1.807) is 18.1 Å². The Kier molecular flexibility index (Phi) is 4.75. The maximum Gasteiger partial charge on any atom is 0.152 e. The molecule has 0 radical (unpaired) electrons. The van der Waals surface area contributed by atoms with Crippen LogP contribution < -0.4 is 0 Å². The molecule has 0 bridgehead atoms. The summed E-state index contributed by atoms with van der Waals surface area (Å²) in [6.45, 7) is 6.78. The van der Waals surface area contributed by atoms with Gasteiger partial charge in [0.2, 0.25) is 0 Å². The molecule has 1 N–H and O–H groups in total. The number of hydrogen-bond acceptors (Lipinski definition) is 3. The first-order valence-corrected chi connectivity index (χ1v) is 11.6. The lowest BCUT2D eigenvalue weighted by molar-refractivity contribution is -0.137. The molecule has 1 aromatic heterocycles. The Morgan fingerprint density at radius 1 is 1.10 bits per heavy atom. The Balaban J connectivity index is 1.40. The highest BCUT2D eigenvalue weighted by Gasteiger charge is 2.56. The van der Waals surface area contributed by atoms with Gasteiger partial charge in [-0.1, -0.05) is 37.6 Å². The Labute approximate surface area is 175 Å². The summed E-state index contributed by atoms with van der Waals surface area (Å²) < 4.78 is 5.77. The summed E-state index contributed by atoms with van der Waals surface area (Å²) in [7, 11) is 0. The molecule has 2 fully saturated rings. The molecule has 1 aromatic rings. The summed E-state index contributed by atoms with van der Waals surface area (Å²) in [5.41, 5.74) is 5.09. The van der Waals surface area contributed by atoms with Crippen LogP contribution in [0.2, 0.25) is 0 Å². The first-order valence-electron chi connectivity index (χ1n) is 11.6. The number of rotatable bonds is 3. The molecule has 3 heteroatoms. The summed E-state index contributed by atoms with van der Waals surface area (Å²) in [5, 5.41) is 9.65. The number of allylic oxidation sites excluding steroid dienone is 3. The second kappa shape index (κ2) is 7.06. The van der Waals surface area contributed by atoms with E-state index < -0.39 is 6.29 Å². The summed E-state index contributed by atoms with van der Waals surface area (Å²) in [5.74, 6) is 2.31. The molecule has 7 atom stereocenters. The lowest BCUT2D eigenvalue weighted by Gasteiger charge is -2.58. The van der Waals surface area contributed by atoms with Crippen molar-refractivity contribution < 1.29 is 9.84 Å². The van der Waals surface area contributed by atoms with Crippen molar-refractivity contribution in [3.63, 3.8) is 0 Å². The van der Waals surface area contributed by atoms with E-state index in [2.05, 4.69) is 49.3 Å². The van der Waals surface area contributed by atoms with Gasteiger partial charge in [0.15, 0.2) is 6.29 Å². The molecule has 0 saturated heterocycles. The van der Waals surface area contributed by atoms with E-state index in [9.17, 15) is 5.11 Å². The smallest absolute Gasteiger partial charge is 0.152 e. The van der Waals surface area contributed by atoms with Crippen molar-refractivity contribution in [2.75, 3.05) is 0 Å². The predicted molar refractivity (Wildman–Crippen MR) is 116 cm³/mol. The number of aliphatic hydroxyl groups excluding tert-OH is 1. The van der Waals surface area contributed by atoms with Crippen molar-refractivity contribution in [3.05, 3.63) is 47.8 Å². The molecule has 4 aliphatic carbocycles. The lowest BCUT2D eigenvalue weighted by atomic mass is 9.47. The van der Waals surface area contributed by atoms with Gasteiger partial charge in [-0.3, -0.25) is 4.98 Å². The number of ether oxygens (including phenoxy) is 1. The molecular weight excluding hydrogens is 358 g/mol. The number of hydrogen-bond donors (Lipinski definition) is 1. The van der Waals surface area contributed by atoms with E-state index in [0.717, 1.165) is 30.6 Å². The van der Waals surface area contributed by atoms with Crippen LogP contribution in [0.1, 0.15) is 71.3 Å². The van der Waals surface area contributed by atoms with Crippen molar-refractivity contribution >= 4 is 5.57 Å². The van der Waals surface area contributed by atoms with Gasteiger partial charge in [-0.05, 0) is 97.7 Å². The minimum atomic E-state index is -0.660. The van der Waals surface area contributed by atoms with E-state index in [4.69, 9.17) is 4.74 Å². The number of aromatic nitrogens is 1. The highest BCUT2D eigenvalue weighted by Crippen LogP contribution is 2.66. The normalized spacial score (nSPS) is 42.2. The van der Waals surface area contributed by atoms with E-state index in [1.807, 2.05) is 6.20 Å². The van der Waals surface area contributed by atoms with E-state index in [1.165, 1.54) is 37.7 Å². The molecule has 0 spiro atoms. The molecule has 0 aliphatic heterocycles. The zero-order chi connectivity index (χ0) is 20.2. The van der Waals surface area contributed by atoms with E-state index in [0.29, 0.717) is 10.8 Å². The Morgan fingerprint density at radius 3 is 2.69 bits per heavy atom. The summed E-state index contributed by atoms with van der Waals surface area (Å²) in [6, 6.07) is 4.31. The number of nitrogens with zero attached hydrogens (tertiary/aromatic N) is 1. The summed E-state index contributed by atoms with van der Waals surface area (Å²) in [6.07, 6.45) is 16.9. The second-order valence-electron chi connectivity index (χ2n) is 10.4. The van der Waals surface area contributed by atoms with Crippen LogP contribution in [0.15, 0.2) is 42.3 Å². The maximum atomic E-state index is 9.65. The van der Waals surface area contributed by atoms with E-state index >= 15 is 0 Å². The first kappa shape index (κ1) is 19.5. The van der Waals surface area contributed by atoms with Crippen LogP contribution in [-0.2, 0) is 4.74 Å². The lowest BCUT2D eigenvalue weighted by Crippen LogP contribution is -2.50. The fraction of sp³-hybridized carbons (Fsp3) is 0.654. The third kappa shape index (κ3) is 3.04. The number of pyridine rings is 1. The van der Waals surface area contributed by atoms with Crippen molar-refractivity contribution in [1.29, 1.82) is 0 Å². The van der Waals surface area contributed by atoms with Crippen LogP contribution in [0.4, 0.5) is 0 Å². The topological polar surface area (TPSA) is 42.4 Å². The monoisotopic (exact) mass is 393 g/mol. The number of fused-ring (bicyclic) bond motifs is 5. The van der Waals surface area contributed by atoms with Crippen LogP contribution in [0, 0.1) is 28.6 Å². The van der Waals surface area contributed by atoms with Crippen molar-refractivity contribution in [3.8, 4) is 0 Å². The molecule has 1 unspecified atom stereocenters. The third-order valence-corrected chi connectivity index (χ3v) is 9.00. The molecule has 3 nitrogen and oxygen atoms in total. The summed E-state index contributed by atoms with van der Waals surface area (Å²) in [4.78, 5) is 4.39. The average molecular weight is 394 g/mol. The van der Waals surface area contributed by atoms with Crippen molar-refractivity contribution in [2.45, 2.75) is 78.1 Å². The number of aliphatic hydroxyl groups is 1. The minimum Gasteiger partial charge on any atom is -0.368 e. The molecule has 29 heavy (non-hydrogen) atoms. The molecule has 5 rings (SSSR count). The van der Waals surface area contributed by atoms with Gasteiger partial charge in [-0.2, -0.15) is 0 Å². The highest BCUT2D eigenvalue weighted by molar-refractivity contribution is 5.72. The molecule has 2 saturated carbocycles. The molecule has 1 heterocycles. The van der Waals surface area contributed by atoms with Gasteiger partial charge in [0.1, 0.15) is 0 Å². The molecule has 156 valence electrons. The maximum absolute atomic E-state index is 9.65. The SMILES string of the molecule is CC(O)O[C@H]1CC[C@@]2(C)C(=CC[C@@H]3[C@@H]2CC[C@]2(C)C(c4cccnc4)=CC[C@@H]32)C1. The highest BCUT2D eigenvalue weighted by atomic mass is 16.6. The van der Waals surface area contributed by atoms with Gasteiger partial charge in [0.25, 0.3) is 0 Å². The Bertz CT molecular complexity index is 828. The zero-order valence-electron chi connectivity index (χ0n) is 18.1. The average Bonchev–Trinajstić information content (AvgIpc) is 3.06. The van der Waals surface area contributed by atoms with Crippen LogP contribution in [0.5, 0.6) is 0 Å². The van der Waals surface area contributed by atoms with E-state index in [-0.39, 0.29) is 6.10 Å². The molecule has 0 aromatic carbocycles. The van der Waals surface area contributed by atoms with Crippen LogP contribution >= 0.6 is 0 Å². The molecule has 4 aliphatic rings. The van der Waals surface area contributed by atoms with Crippen molar-refractivity contribution in [2.24, 2.45) is 28.6 Å². The second-order valence-corrected chi connectivity index (χ2v) is 10.4. The summed E-state index contributed by atoms with van der Waals surface area (Å²) >= 11 is 0. The minimum absolute atomic E-state index is 0.185. The first-order chi connectivity index (χ1) is 13.9. The Hall–Kier alpha value is -1.45. The fourth-order valence-electron chi connectivity index (χ4n) is 7.56. The standard InChI is InChI=1S/C26H35NO2/c1-17(28)29-20-10-12-25(2)19(15-20)6-7-21-23-9-8-22(18-5-4-14-27-16-18)26(23,3)13-11-24(21)25/h4-6,8,14,16-17,20-21,23-24,28H,7,9-13,15H2,1-3H3/t17?,20-,21-,23-,24-,25-,26+/m0/s1. The van der Waals surface area contributed by atoms with Gasteiger partial charge in [0, 0.05) is 12.4 Å². The fourth-order valence-corrected chi connectivity index (χ4v) is 7.56. The van der Waals surface area contributed by atoms with Gasteiger partial charge < -0.3 is 9.84 Å². The van der Waals surface area contributed by atoms with Gasteiger partial charge in [-0.25, -0.2) is 0 Å². The predicted octanol–water partition coefficient (Wildman–Crippen LogP) is 5.76.